The van der Waals surface area contributed by atoms with Gasteiger partial charge in [-0.1, -0.05) is 33.1 Å². The molecular formula is C18H33ClN4O3. The highest BCUT2D eigenvalue weighted by atomic mass is 35.5. The first-order valence-corrected chi connectivity index (χ1v) is 9.50. The summed E-state index contributed by atoms with van der Waals surface area (Å²) in [5.74, 6) is 0.0452. The summed E-state index contributed by atoms with van der Waals surface area (Å²) in [5.41, 5.74) is 5.77. The van der Waals surface area contributed by atoms with Gasteiger partial charge in [0.05, 0.1) is 12.6 Å². The topological polar surface area (TPSA) is 95.7 Å². The van der Waals surface area contributed by atoms with Crippen LogP contribution in [0.5, 0.6) is 0 Å². The Bertz CT molecular complexity index is 487. The Balaban J connectivity index is 0.00000338. The zero-order chi connectivity index (χ0) is 18.4. The fourth-order valence-corrected chi connectivity index (χ4v) is 3.48. The zero-order valence-corrected chi connectivity index (χ0v) is 16.7. The Kier molecular flexibility index (Phi) is 9.36. The number of nitrogens with two attached hydrogens (primary N) is 1. The molecule has 0 unspecified atom stereocenters. The molecule has 3 amide bonds. The second-order valence-electron chi connectivity index (χ2n) is 7.53. The molecule has 1 aliphatic heterocycles. The zero-order valence-electron chi connectivity index (χ0n) is 15.9. The molecule has 0 spiro atoms. The molecule has 2 aliphatic rings. The standard InChI is InChI=1S/C18H32N4O3.ClH/c1-13(2)16(19)17(24)20-12-15(23)21-8-10-22(11-9-21)18(25)14-6-4-3-5-7-14;/h13-14,16H,3-12,19H2,1-2H3,(H,20,24);1H/t16-;/m0./s1. The van der Waals surface area contributed by atoms with E-state index in [2.05, 4.69) is 5.32 Å². The van der Waals surface area contributed by atoms with Gasteiger partial charge in [-0.3, -0.25) is 14.4 Å². The van der Waals surface area contributed by atoms with E-state index >= 15 is 0 Å². The first kappa shape index (κ1) is 22.7. The molecule has 26 heavy (non-hydrogen) atoms. The molecule has 1 atom stereocenters. The molecule has 0 aromatic carbocycles. The number of rotatable bonds is 5. The van der Waals surface area contributed by atoms with Crippen molar-refractivity contribution >= 4 is 30.1 Å². The molecule has 0 bridgehead atoms. The number of halogens is 1. The van der Waals surface area contributed by atoms with E-state index in [0.717, 1.165) is 25.7 Å². The van der Waals surface area contributed by atoms with Gasteiger partial charge >= 0.3 is 0 Å². The third kappa shape index (κ3) is 6.13. The third-order valence-electron chi connectivity index (χ3n) is 5.33. The minimum absolute atomic E-state index is 0. The molecule has 1 heterocycles. The largest absolute Gasteiger partial charge is 0.346 e. The summed E-state index contributed by atoms with van der Waals surface area (Å²) in [5, 5.41) is 2.61. The van der Waals surface area contributed by atoms with Gasteiger partial charge in [-0.05, 0) is 18.8 Å². The lowest BCUT2D eigenvalue weighted by atomic mass is 9.88. The number of amides is 3. The van der Waals surface area contributed by atoms with Crippen LogP contribution in [-0.4, -0.2) is 66.3 Å². The fraction of sp³-hybridized carbons (Fsp3) is 0.833. The minimum atomic E-state index is -0.599. The van der Waals surface area contributed by atoms with Gasteiger partial charge in [0, 0.05) is 32.1 Å². The Morgan fingerprint density at radius 3 is 2.08 bits per heavy atom. The summed E-state index contributed by atoms with van der Waals surface area (Å²) in [6.45, 7) is 5.94. The first-order chi connectivity index (χ1) is 11.9. The monoisotopic (exact) mass is 388 g/mol. The van der Waals surface area contributed by atoms with Crippen LogP contribution in [0.1, 0.15) is 46.0 Å². The predicted molar refractivity (Wildman–Crippen MR) is 103 cm³/mol. The Morgan fingerprint density at radius 1 is 1.00 bits per heavy atom. The van der Waals surface area contributed by atoms with Crippen LogP contribution in [0.15, 0.2) is 0 Å². The molecular weight excluding hydrogens is 356 g/mol. The van der Waals surface area contributed by atoms with Gasteiger partial charge in [0.2, 0.25) is 17.7 Å². The van der Waals surface area contributed by atoms with E-state index in [4.69, 9.17) is 5.73 Å². The SMILES string of the molecule is CC(C)[C@H](N)C(=O)NCC(=O)N1CCN(C(=O)C2CCCCC2)CC1.Cl. The molecule has 3 N–H and O–H groups in total. The molecule has 7 nitrogen and oxygen atoms in total. The molecule has 0 aromatic heterocycles. The van der Waals surface area contributed by atoms with Gasteiger partial charge in [-0.2, -0.15) is 0 Å². The number of piperazine rings is 1. The van der Waals surface area contributed by atoms with Crippen molar-refractivity contribution in [1.29, 1.82) is 0 Å². The summed E-state index contributed by atoms with van der Waals surface area (Å²) < 4.78 is 0. The quantitative estimate of drug-likeness (QED) is 0.726. The number of hydrogen-bond donors (Lipinski definition) is 2. The summed E-state index contributed by atoms with van der Waals surface area (Å²) in [7, 11) is 0. The van der Waals surface area contributed by atoms with Gasteiger partial charge in [-0.25, -0.2) is 0 Å². The van der Waals surface area contributed by atoms with Gasteiger partial charge < -0.3 is 20.9 Å². The third-order valence-corrected chi connectivity index (χ3v) is 5.33. The number of nitrogens with zero attached hydrogens (tertiary/aromatic N) is 2. The van der Waals surface area contributed by atoms with Gasteiger partial charge in [0.1, 0.15) is 0 Å². The van der Waals surface area contributed by atoms with Crippen LogP contribution >= 0.6 is 12.4 Å². The maximum atomic E-state index is 12.5. The number of hydrogen-bond acceptors (Lipinski definition) is 4. The van der Waals surface area contributed by atoms with E-state index in [-0.39, 0.29) is 48.5 Å². The average molecular weight is 389 g/mol. The van der Waals surface area contributed by atoms with Crippen molar-refractivity contribution in [2.75, 3.05) is 32.7 Å². The summed E-state index contributed by atoms with van der Waals surface area (Å²) in [6, 6.07) is -0.599. The highest BCUT2D eigenvalue weighted by Gasteiger charge is 2.29. The summed E-state index contributed by atoms with van der Waals surface area (Å²) >= 11 is 0. The molecule has 8 heteroatoms. The molecule has 0 radical (unpaired) electrons. The van der Waals surface area contributed by atoms with Gasteiger partial charge in [-0.15, -0.1) is 12.4 Å². The van der Waals surface area contributed by atoms with E-state index in [0.29, 0.717) is 26.2 Å². The van der Waals surface area contributed by atoms with Crippen molar-refractivity contribution < 1.29 is 14.4 Å². The summed E-state index contributed by atoms with van der Waals surface area (Å²) in [6.07, 6.45) is 5.53. The van der Waals surface area contributed by atoms with Crippen LogP contribution in [0.3, 0.4) is 0 Å². The van der Waals surface area contributed by atoms with Crippen molar-refractivity contribution in [3.63, 3.8) is 0 Å². The van der Waals surface area contributed by atoms with Crippen LogP contribution in [0, 0.1) is 11.8 Å². The maximum absolute atomic E-state index is 12.5. The van der Waals surface area contributed by atoms with E-state index in [9.17, 15) is 14.4 Å². The highest BCUT2D eigenvalue weighted by Crippen LogP contribution is 2.25. The fourth-order valence-electron chi connectivity index (χ4n) is 3.48. The van der Waals surface area contributed by atoms with Crippen LogP contribution in [0.4, 0.5) is 0 Å². The number of nitrogens with one attached hydrogen (secondary N) is 1. The molecule has 2 fully saturated rings. The van der Waals surface area contributed by atoms with E-state index in [1.54, 1.807) is 4.90 Å². The maximum Gasteiger partial charge on any atom is 0.242 e. The highest BCUT2D eigenvalue weighted by molar-refractivity contribution is 5.87. The number of carbonyl (C=O) groups is 3. The van der Waals surface area contributed by atoms with Crippen molar-refractivity contribution in [2.24, 2.45) is 17.6 Å². The summed E-state index contributed by atoms with van der Waals surface area (Å²) in [4.78, 5) is 40.2. The van der Waals surface area contributed by atoms with Crippen LogP contribution in [0.25, 0.3) is 0 Å². The molecule has 0 aromatic rings. The molecule has 1 saturated heterocycles. The average Bonchev–Trinajstić information content (AvgIpc) is 2.65. The van der Waals surface area contributed by atoms with Crippen molar-refractivity contribution in [1.82, 2.24) is 15.1 Å². The van der Waals surface area contributed by atoms with Gasteiger partial charge in [0.15, 0.2) is 0 Å². The Morgan fingerprint density at radius 2 is 1.54 bits per heavy atom. The first-order valence-electron chi connectivity index (χ1n) is 9.50. The predicted octanol–water partition coefficient (Wildman–Crippen LogP) is 0.759. The Labute approximate surface area is 162 Å². The van der Waals surface area contributed by atoms with Crippen molar-refractivity contribution in [3.8, 4) is 0 Å². The van der Waals surface area contributed by atoms with Crippen molar-refractivity contribution in [3.05, 3.63) is 0 Å². The lowest BCUT2D eigenvalue weighted by Gasteiger charge is -2.37. The van der Waals surface area contributed by atoms with Gasteiger partial charge in [0.25, 0.3) is 0 Å². The van der Waals surface area contributed by atoms with E-state index < -0.39 is 6.04 Å². The second kappa shape index (κ2) is 10.7. The normalized spacial score (nSPS) is 19.7. The van der Waals surface area contributed by atoms with Crippen LogP contribution in [0.2, 0.25) is 0 Å². The minimum Gasteiger partial charge on any atom is -0.346 e. The smallest absolute Gasteiger partial charge is 0.242 e. The molecule has 150 valence electrons. The van der Waals surface area contributed by atoms with E-state index in [1.165, 1.54) is 6.42 Å². The second-order valence-corrected chi connectivity index (χ2v) is 7.53. The molecule has 1 saturated carbocycles. The van der Waals surface area contributed by atoms with Crippen molar-refractivity contribution in [2.45, 2.75) is 52.0 Å². The number of carbonyl (C=O) groups excluding carboxylic acids is 3. The molecule has 1 aliphatic carbocycles. The Hall–Kier alpha value is -1.34. The molecule has 2 rings (SSSR count). The van der Waals surface area contributed by atoms with Crippen LogP contribution in [-0.2, 0) is 14.4 Å². The lowest BCUT2D eigenvalue weighted by Crippen LogP contribution is -2.54. The lowest BCUT2D eigenvalue weighted by molar-refractivity contribution is -0.142. The van der Waals surface area contributed by atoms with E-state index in [1.807, 2.05) is 18.7 Å². The van der Waals surface area contributed by atoms with Crippen LogP contribution < -0.4 is 11.1 Å².